The third kappa shape index (κ3) is 6.14. The van der Waals surface area contributed by atoms with E-state index in [4.69, 9.17) is 0 Å². The Bertz CT molecular complexity index is 1630. The lowest BCUT2D eigenvalue weighted by Crippen LogP contribution is -2.44. The molecule has 7 nitrogen and oxygen atoms in total. The molecule has 0 unspecified atom stereocenters. The van der Waals surface area contributed by atoms with E-state index in [0.29, 0.717) is 34.9 Å². The number of anilines is 1. The number of hydrogen-bond acceptors (Lipinski definition) is 6. The molecule has 0 atom stereocenters. The maximum Gasteiger partial charge on any atom is 0.416 e. The van der Waals surface area contributed by atoms with Crippen LogP contribution < -0.4 is 5.32 Å². The monoisotopic (exact) mass is 564 g/mol. The number of nitrogens with one attached hydrogen (secondary N) is 1. The van der Waals surface area contributed by atoms with Crippen molar-refractivity contribution in [3.63, 3.8) is 0 Å². The van der Waals surface area contributed by atoms with Gasteiger partial charge in [0.1, 0.15) is 5.69 Å². The third-order valence-electron chi connectivity index (χ3n) is 6.87. The molecule has 1 aliphatic heterocycles. The van der Waals surface area contributed by atoms with Crippen LogP contribution in [0.15, 0.2) is 59.8 Å². The number of likely N-dealkylation sites (N-methyl/N-ethyl adjacent to an activating group) is 1. The average Bonchev–Trinajstić information content (AvgIpc) is 3.34. The van der Waals surface area contributed by atoms with Crippen molar-refractivity contribution in [3.8, 4) is 11.8 Å². The van der Waals surface area contributed by atoms with Crippen LogP contribution in [0.5, 0.6) is 0 Å². The van der Waals surface area contributed by atoms with E-state index in [-0.39, 0.29) is 23.4 Å². The quantitative estimate of drug-likeness (QED) is 0.277. The minimum Gasteiger partial charge on any atom is -0.322 e. The summed E-state index contributed by atoms with van der Waals surface area (Å²) in [4.78, 5) is 22.1. The van der Waals surface area contributed by atoms with Crippen LogP contribution in [0.2, 0.25) is 0 Å². The molecule has 4 aromatic rings. The number of halogens is 3. The lowest BCUT2D eigenvalue weighted by atomic mass is 10.0. The molecule has 0 aliphatic carbocycles. The summed E-state index contributed by atoms with van der Waals surface area (Å²) in [7, 11) is 2.00. The zero-order valence-corrected chi connectivity index (χ0v) is 22.9. The second kappa shape index (κ2) is 11.3. The number of benzene rings is 2. The zero-order valence-electron chi connectivity index (χ0n) is 22.0. The molecule has 11 heteroatoms. The number of carbonyl (C=O) groups is 1. The van der Waals surface area contributed by atoms with Gasteiger partial charge in [-0.25, -0.2) is 9.50 Å². The molecule has 0 bridgehead atoms. The molecule has 0 saturated carbocycles. The van der Waals surface area contributed by atoms with E-state index in [0.717, 1.165) is 24.7 Å². The Hall–Kier alpha value is -3.85. The first-order chi connectivity index (χ1) is 19.1. The van der Waals surface area contributed by atoms with Gasteiger partial charge in [0.15, 0.2) is 5.65 Å². The molecule has 1 N–H and O–H groups in total. The second-order valence-electron chi connectivity index (χ2n) is 9.78. The van der Waals surface area contributed by atoms with Gasteiger partial charge in [-0.3, -0.25) is 9.69 Å². The van der Waals surface area contributed by atoms with Gasteiger partial charge in [0.25, 0.3) is 5.91 Å². The molecule has 206 valence electrons. The number of piperazine rings is 1. The van der Waals surface area contributed by atoms with Crippen molar-refractivity contribution in [1.82, 2.24) is 24.4 Å². The van der Waals surface area contributed by atoms with E-state index >= 15 is 0 Å². The number of aryl methyl sites for hydroxylation is 1. The Morgan fingerprint density at radius 3 is 2.60 bits per heavy atom. The smallest absolute Gasteiger partial charge is 0.322 e. The molecular formula is C29H27F3N6OS. The Morgan fingerprint density at radius 1 is 1.07 bits per heavy atom. The van der Waals surface area contributed by atoms with Crippen LogP contribution in [0.4, 0.5) is 18.9 Å². The van der Waals surface area contributed by atoms with Gasteiger partial charge in [-0.2, -0.15) is 18.3 Å². The van der Waals surface area contributed by atoms with Crippen molar-refractivity contribution in [3.05, 3.63) is 88.4 Å². The summed E-state index contributed by atoms with van der Waals surface area (Å²) in [6.45, 7) is 5.09. The molecule has 0 spiro atoms. The number of imidazole rings is 1. The van der Waals surface area contributed by atoms with Gasteiger partial charge in [0.2, 0.25) is 0 Å². The SMILES string of the molecule is Cc1ccc(C(=O)Nc2ccc(CN3CCN(C)CC3)c(C(F)(F)F)c2)cc1C#Cc1cnc2c(S)ccnn12. The Kier molecular flexibility index (Phi) is 7.85. The highest BCUT2D eigenvalue weighted by Crippen LogP contribution is 2.34. The van der Waals surface area contributed by atoms with Crippen molar-refractivity contribution in [2.75, 3.05) is 38.5 Å². The molecule has 5 rings (SSSR count). The molecule has 3 heterocycles. The second-order valence-corrected chi connectivity index (χ2v) is 10.3. The first kappa shape index (κ1) is 27.7. The van der Waals surface area contributed by atoms with Gasteiger partial charge in [-0.1, -0.05) is 18.1 Å². The first-order valence-corrected chi connectivity index (χ1v) is 13.1. The number of amides is 1. The van der Waals surface area contributed by atoms with Gasteiger partial charge in [-0.05, 0) is 61.4 Å². The molecule has 1 amide bonds. The van der Waals surface area contributed by atoms with Crippen LogP contribution in [-0.2, 0) is 12.7 Å². The minimum absolute atomic E-state index is 0.0759. The van der Waals surface area contributed by atoms with E-state index in [1.807, 2.05) is 18.9 Å². The van der Waals surface area contributed by atoms with Gasteiger partial charge >= 0.3 is 6.18 Å². The number of aromatic nitrogens is 3. The summed E-state index contributed by atoms with van der Waals surface area (Å²) < 4.78 is 43.4. The van der Waals surface area contributed by atoms with E-state index in [1.165, 1.54) is 12.1 Å². The lowest BCUT2D eigenvalue weighted by molar-refractivity contribution is -0.138. The molecule has 2 aromatic heterocycles. The predicted molar refractivity (Wildman–Crippen MR) is 150 cm³/mol. The van der Waals surface area contributed by atoms with E-state index in [2.05, 4.69) is 44.8 Å². The van der Waals surface area contributed by atoms with E-state index in [1.54, 1.807) is 41.2 Å². The summed E-state index contributed by atoms with van der Waals surface area (Å²) in [5, 5.41) is 6.86. The van der Waals surface area contributed by atoms with Crippen LogP contribution in [0.25, 0.3) is 5.65 Å². The largest absolute Gasteiger partial charge is 0.416 e. The van der Waals surface area contributed by atoms with Crippen molar-refractivity contribution in [2.24, 2.45) is 0 Å². The van der Waals surface area contributed by atoms with Crippen molar-refractivity contribution in [1.29, 1.82) is 0 Å². The molecule has 1 saturated heterocycles. The third-order valence-corrected chi connectivity index (χ3v) is 7.22. The molecular weight excluding hydrogens is 537 g/mol. The van der Waals surface area contributed by atoms with Crippen molar-refractivity contribution in [2.45, 2.75) is 24.5 Å². The number of hydrogen-bond donors (Lipinski definition) is 2. The van der Waals surface area contributed by atoms with Gasteiger partial charge in [-0.15, -0.1) is 12.6 Å². The number of nitrogens with zero attached hydrogens (tertiary/aromatic N) is 5. The molecule has 0 radical (unpaired) electrons. The maximum atomic E-state index is 14.0. The molecule has 2 aromatic carbocycles. The van der Waals surface area contributed by atoms with Gasteiger partial charge < -0.3 is 10.2 Å². The minimum atomic E-state index is -4.55. The summed E-state index contributed by atoms with van der Waals surface area (Å²) in [6, 6.07) is 10.7. The highest BCUT2D eigenvalue weighted by Gasteiger charge is 2.34. The summed E-state index contributed by atoms with van der Waals surface area (Å²) in [5.41, 5.74) is 2.37. The fourth-order valence-corrected chi connectivity index (χ4v) is 4.72. The van der Waals surface area contributed by atoms with E-state index < -0.39 is 17.6 Å². The lowest BCUT2D eigenvalue weighted by Gasteiger charge is -2.33. The number of carbonyl (C=O) groups excluding carboxylic acids is 1. The van der Waals surface area contributed by atoms with Gasteiger partial charge in [0, 0.05) is 55.7 Å². The summed E-state index contributed by atoms with van der Waals surface area (Å²) in [6.07, 6.45) is -1.36. The van der Waals surface area contributed by atoms with Crippen LogP contribution in [0, 0.1) is 18.8 Å². The molecule has 40 heavy (non-hydrogen) atoms. The van der Waals surface area contributed by atoms with Gasteiger partial charge in [0.05, 0.1) is 16.7 Å². The van der Waals surface area contributed by atoms with Crippen LogP contribution in [0.3, 0.4) is 0 Å². The molecule has 1 aliphatic rings. The summed E-state index contributed by atoms with van der Waals surface area (Å²) in [5.74, 6) is 5.55. The summed E-state index contributed by atoms with van der Waals surface area (Å²) >= 11 is 4.37. The standard InChI is InChI=1S/C29H27F3N6OS/c1-19-3-4-21(15-20(19)6-8-24-17-33-27-26(40)9-10-34-38(24)27)28(39)35-23-7-5-22(25(16-23)29(30,31)32)18-37-13-11-36(2)12-14-37/h3-5,7,9-10,15-17,40H,11-14,18H2,1-2H3,(H,35,39). The van der Waals surface area contributed by atoms with Crippen molar-refractivity contribution < 1.29 is 18.0 Å². The number of rotatable bonds is 4. The molecule has 1 fully saturated rings. The first-order valence-electron chi connectivity index (χ1n) is 12.7. The Balaban J connectivity index is 1.35. The predicted octanol–water partition coefficient (Wildman–Crippen LogP) is 4.74. The van der Waals surface area contributed by atoms with Crippen molar-refractivity contribution >= 4 is 29.9 Å². The Labute approximate surface area is 235 Å². The fraction of sp³-hybridized carbons (Fsp3) is 0.276. The van der Waals surface area contributed by atoms with Crippen LogP contribution >= 0.6 is 12.6 Å². The van der Waals surface area contributed by atoms with Crippen LogP contribution in [-0.4, -0.2) is 63.5 Å². The highest BCUT2D eigenvalue weighted by molar-refractivity contribution is 7.80. The maximum absolute atomic E-state index is 14.0. The zero-order chi connectivity index (χ0) is 28.4. The van der Waals surface area contributed by atoms with Crippen LogP contribution in [0.1, 0.15) is 38.3 Å². The topological polar surface area (TPSA) is 65.8 Å². The number of alkyl halides is 3. The highest BCUT2D eigenvalue weighted by atomic mass is 32.1. The number of thiol groups is 1. The Morgan fingerprint density at radius 2 is 1.85 bits per heavy atom. The normalized spacial score (nSPS) is 14.7. The van der Waals surface area contributed by atoms with E-state index in [9.17, 15) is 18.0 Å². The average molecular weight is 565 g/mol. The fourth-order valence-electron chi connectivity index (χ4n) is 4.50. The number of fused-ring (bicyclic) bond motifs is 1.